The molecule has 0 aromatic carbocycles. The summed E-state index contributed by atoms with van der Waals surface area (Å²) < 4.78 is 0. The molecule has 0 aliphatic carbocycles. The quantitative estimate of drug-likeness (QED) is 0.789. The van der Waals surface area contributed by atoms with E-state index in [1.54, 1.807) is 12.4 Å². The van der Waals surface area contributed by atoms with Gasteiger partial charge in [0.2, 0.25) is 5.91 Å². The van der Waals surface area contributed by atoms with Crippen molar-refractivity contribution in [1.82, 2.24) is 10.3 Å². The van der Waals surface area contributed by atoms with Crippen LogP contribution in [0.2, 0.25) is 0 Å². The zero-order valence-corrected chi connectivity index (χ0v) is 9.81. The predicted octanol–water partition coefficient (Wildman–Crippen LogP) is 1.39. The van der Waals surface area contributed by atoms with E-state index < -0.39 is 0 Å². The van der Waals surface area contributed by atoms with Gasteiger partial charge in [0.25, 0.3) is 0 Å². The maximum atomic E-state index is 11.6. The number of hydrogen-bond donors (Lipinski definition) is 2. The van der Waals surface area contributed by atoms with Gasteiger partial charge in [-0.25, -0.2) is 0 Å². The van der Waals surface area contributed by atoms with Gasteiger partial charge in [-0.05, 0) is 25.0 Å². The van der Waals surface area contributed by atoms with E-state index in [2.05, 4.69) is 10.3 Å². The minimum Gasteiger partial charge on any atom is -0.349 e. The zero-order valence-electron chi connectivity index (χ0n) is 9.81. The molecule has 1 rings (SSSR count). The summed E-state index contributed by atoms with van der Waals surface area (Å²) in [5, 5.41) is 2.90. The highest BCUT2D eigenvalue weighted by molar-refractivity contribution is 5.77. The molecule has 0 aliphatic heterocycles. The predicted molar refractivity (Wildman–Crippen MR) is 63.7 cm³/mol. The molecule has 1 aromatic heterocycles. The van der Waals surface area contributed by atoms with E-state index >= 15 is 0 Å². The number of carbonyl (C=O) groups is 1. The van der Waals surface area contributed by atoms with Crippen LogP contribution in [0.5, 0.6) is 0 Å². The van der Waals surface area contributed by atoms with Crippen molar-refractivity contribution < 1.29 is 4.79 Å². The van der Waals surface area contributed by atoms with Crippen molar-refractivity contribution >= 4 is 5.91 Å². The third-order valence-electron chi connectivity index (χ3n) is 2.53. The molecule has 4 nitrogen and oxygen atoms in total. The van der Waals surface area contributed by atoms with Crippen molar-refractivity contribution in [3.05, 3.63) is 30.1 Å². The Bertz CT molecular complexity index is 326. The van der Waals surface area contributed by atoms with Gasteiger partial charge in [0, 0.05) is 24.9 Å². The summed E-state index contributed by atoms with van der Waals surface area (Å²) >= 11 is 0. The highest BCUT2D eigenvalue weighted by Gasteiger charge is 2.11. The van der Waals surface area contributed by atoms with Gasteiger partial charge in [0.05, 0.1) is 6.04 Å². The maximum Gasteiger partial charge on any atom is 0.222 e. The van der Waals surface area contributed by atoms with Crippen LogP contribution in [-0.4, -0.2) is 16.9 Å². The Morgan fingerprint density at radius 3 is 2.94 bits per heavy atom. The topological polar surface area (TPSA) is 68.0 Å². The van der Waals surface area contributed by atoms with Crippen LogP contribution in [0.25, 0.3) is 0 Å². The van der Waals surface area contributed by atoms with Crippen molar-refractivity contribution in [2.45, 2.75) is 38.8 Å². The fourth-order valence-corrected chi connectivity index (χ4v) is 1.40. The fraction of sp³-hybridized carbons (Fsp3) is 0.500. The minimum absolute atomic E-state index is 0.00861. The molecule has 4 heteroatoms. The Labute approximate surface area is 96.3 Å². The number of nitrogens with zero attached hydrogens (tertiary/aromatic N) is 1. The third-order valence-corrected chi connectivity index (χ3v) is 2.53. The number of hydrogen-bond acceptors (Lipinski definition) is 3. The highest BCUT2D eigenvalue weighted by atomic mass is 16.1. The molecular weight excluding hydrogens is 202 g/mol. The van der Waals surface area contributed by atoms with Crippen LogP contribution in [0.1, 0.15) is 38.3 Å². The average molecular weight is 221 g/mol. The van der Waals surface area contributed by atoms with E-state index in [1.165, 1.54) is 0 Å². The summed E-state index contributed by atoms with van der Waals surface area (Å²) in [6, 6.07) is 3.72. The molecule has 0 aliphatic rings. The van der Waals surface area contributed by atoms with Gasteiger partial charge in [-0.15, -0.1) is 0 Å². The first-order chi connectivity index (χ1) is 7.63. The van der Waals surface area contributed by atoms with E-state index in [0.717, 1.165) is 12.0 Å². The van der Waals surface area contributed by atoms with Gasteiger partial charge in [-0.3, -0.25) is 9.78 Å². The van der Waals surface area contributed by atoms with E-state index in [-0.39, 0.29) is 18.0 Å². The molecule has 1 amide bonds. The van der Waals surface area contributed by atoms with Gasteiger partial charge in [0.15, 0.2) is 0 Å². The second-order valence-electron chi connectivity index (χ2n) is 3.95. The van der Waals surface area contributed by atoms with Crippen molar-refractivity contribution in [2.75, 3.05) is 0 Å². The van der Waals surface area contributed by atoms with E-state index in [9.17, 15) is 4.79 Å². The Morgan fingerprint density at radius 2 is 2.38 bits per heavy atom. The van der Waals surface area contributed by atoms with Gasteiger partial charge in [0.1, 0.15) is 0 Å². The monoisotopic (exact) mass is 221 g/mol. The first-order valence-electron chi connectivity index (χ1n) is 5.58. The van der Waals surface area contributed by atoms with Crippen molar-refractivity contribution in [1.29, 1.82) is 0 Å². The van der Waals surface area contributed by atoms with Gasteiger partial charge in [-0.1, -0.05) is 13.0 Å². The molecule has 3 N–H and O–H groups in total. The van der Waals surface area contributed by atoms with Crippen molar-refractivity contribution in [2.24, 2.45) is 5.73 Å². The van der Waals surface area contributed by atoms with Gasteiger partial charge in [-0.2, -0.15) is 0 Å². The number of nitrogens with one attached hydrogen (secondary N) is 1. The van der Waals surface area contributed by atoms with Crippen LogP contribution in [0.15, 0.2) is 24.5 Å². The second-order valence-corrected chi connectivity index (χ2v) is 3.95. The van der Waals surface area contributed by atoms with E-state index in [0.29, 0.717) is 6.42 Å². The maximum absolute atomic E-state index is 11.6. The Morgan fingerprint density at radius 1 is 1.62 bits per heavy atom. The summed E-state index contributed by atoms with van der Waals surface area (Å²) in [6.07, 6.45) is 4.66. The highest BCUT2D eigenvalue weighted by Crippen LogP contribution is 2.10. The summed E-state index contributed by atoms with van der Waals surface area (Å²) in [5.74, 6) is -0.00861. The lowest BCUT2D eigenvalue weighted by Gasteiger charge is -2.15. The van der Waals surface area contributed by atoms with Crippen LogP contribution in [0, 0.1) is 0 Å². The molecule has 0 radical (unpaired) electrons. The number of pyridine rings is 1. The molecule has 2 unspecified atom stereocenters. The molecule has 88 valence electrons. The van der Waals surface area contributed by atoms with Crippen LogP contribution in [-0.2, 0) is 4.79 Å². The van der Waals surface area contributed by atoms with E-state index in [4.69, 9.17) is 5.73 Å². The number of aromatic nitrogens is 1. The largest absolute Gasteiger partial charge is 0.349 e. The average Bonchev–Trinajstić information content (AvgIpc) is 2.29. The van der Waals surface area contributed by atoms with Gasteiger partial charge < -0.3 is 11.1 Å². The normalized spacial score (nSPS) is 14.2. The molecule has 16 heavy (non-hydrogen) atoms. The molecule has 0 fully saturated rings. The number of carbonyl (C=O) groups excluding carboxylic acids is 1. The summed E-state index contributed by atoms with van der Waals surface area (Å²) in [7, 11) is 0. The van der Waals surface area contributed by atoms with Crippen LogP contribution in [0.3, 0.4) is 0 Å². The van der Waals surface area contributed by atoms with Crippen LogP contribution >= 0.6 is 0 Å². The molecule has 0 saturated heterocycles. The lowest BCUT2D eigenvalue weighted by Crippen LogP contribution is -2.32. The number of amides is 1. The molecule has 1 heterocycles. The smallest absolute Gasteiger partial charge is 0.222 e. The molecule has 0 bridgehead atoms. The van der Waals surface area contributed by atoms with Crippen LogP contribution < -0.4 is 11.1 Å². The number of nitrogens with two attached hydrogens (primary N) is 1. The lowest BCUT2D eigenvalue weighted by atomic mass is 10.1. The molecule has 2 atom stereocenters. The second kappa shape index (κ2) is 6.23. The zero-order chi connectivity index (χ0) is 12.0. The fourth-order valence-electron chi connectivity index (χ4n) is 1.40. The Kier molecular flexibility index (Phi) is 4.92. The summed E-state index contributed by atoms with van der Waals surface area (Å²) in [5.41, 5.74) is 6.72. The van der Waals surface area contributed by atoms with Gasteiger partial charge >= 0.3 is 0 Å². The first kappa shape index (κ1) is 12.6. The molecule has 0 spiro atoms. The Balaban J connectivity index is 2.46. The first-order valence-corrected chi connectivity index (χ1v) is 5.58. The summed E-state index contributed by atoms with van der Waals surface area (Å²) in [6.45, 7) is 3.91. The van der Waals surface area contributed by atoms with Crippen LogP contribution in [0.4, 0.5) is 0 Å². The standard InChI is InChI=1S/C12H19N3O/c1-3-11(13)7-12(16)15-9(2)10-5-4-6-14-8-10/h4-6,8-9,11H,3,7,13H2,1-2H3,(H,15,16). The SMILES string of the molecule is CCC(N)CC(=O)NC(C)c1cccnc1. The third kappa shape index (κ3) is 3.98. The molecule has 1 aromatic rings. The van der Waals surface area contributed by atoms with Crippen molar-refractivity contribution in [3.63, 3.8) is 0 Å². The molecular formula is C12H19N3O. The lowest BCUT2D eigenvalue weighted by molar-refractivity contribution is -0.122. The Hall–Kier alpha value is -1.42. The molecule has 0 saturated carbocycles. The minimum atomic E-state index is -0.0545. The van der Waals surface area contributed by atoms with Crippen molar-refractivity contribution in [3.8, 4) is 0 Å². The summed E-state index contributed by atoms with van der Waals surface area (Å²) in [4.78, 5) is 15.6. The van der Waals surface area contributed by atoms with E-state index in [1.807, 2.05) is 26.0 Å². The number of rotatable bonds is 5.